The number of fused-ring (bicyclic) bond motifs is 6. The largest absolute Gasteiger partial charge is 0.0882 e. The van der Waals surface area contributed by atoms with Crippen molar-refractivity contribution in [3.8, 4) is 0 Å². The average Bonchev–Trinajstić information content (AvgIpc) is 1.62. The smallest absolute Gasteiger partial charge is 0.0169 e. The molecule has 23 unspecified atom stereocenters. The van der Waals surface area contributed by atoms with E-state index in [4.69, 9.17) is 0 Å². The van der Waals surface area contributed by atoms with Gasteiger partial charge in [0.05, 0.1) is 0 Å². The lowest BCUT2D eigenvalue weighted by molar-refractivity contribution is 0.0320. The molecule has 606 valence electrons. The van der Waals surface area contributed by atoms with Gasteiger partial charge in [-0.25, -0.2) is 0 Å². The molecular formula is C103H194. The van der Waals surface area contributed by atoms with Crippen molar-refractivity contribution in [3.05, 3.63) is 11.6 Å². The van der Waals surface area contributed by atoms with E-state index < -0.39 is 0 Å². The second kappa shape index (κ2) is 51.4. The molecule has 6 bridgehead atoms. The summed E-state index contributed by atoms with van der Waals surface area (Å²) in [5.74, 6) is 21.4. The summed E-state index contributed by atoms with van der Waals surface area (Å²) in [7, 11) is 0. The molecule has 0 saturated heterocycles. The second-order valence-electron chi connectivity index (χ2n) is 41.9. The van der Waals surface area contributed by atoms with Crippen molar-refractivity contribution in [2.75, 3.05) is 0 Å². The van der Waals surface area contributed by atoms with E-state index in [2.05, 4.69) is 124 Å². The van der Waals surface area contributed by atoms with Gasteiger partial charge in [0.1, 0.15) is 0 Å². The minimum atomic E-state index is 0.507. The van der Waals surface area contributed by atoms with Gasteiger partial charge in [-0.3, -0.25) is 0 Å². The predicted molar refractivity (Wildman–Crippen MR) is 463 cm³/mol. The first kappa shape index (κ1) is 91.6. The highest BCUT2D eigenvalue weighted by atomic mass is 14.6. The lowest BCUT2D eigenvalue weighted by Crippen LogP contribution is -2.38. The number of hydrogen-bond acceptors (Lipinski definition) is 0. The summed E-state index contributed by atoms with van der Waals surface area (Å²) in [6.45, 7) is 43.6. The summed E-state index contributed by atoms with van der Waals surface area (Å²) in [4.78, 5) is 0. The van der Waals surface area contributed by atoms with E-state index in [1.807, 2.05) is 5.57 Å². The van der Waals surface area contributed by atoms with Crippen LogP contribution in [0.3, 0.4) is 0 Å². The molecule has 23 atom stereocenters. The van der Waals surface area contributed by atoms with Crippen LogP contribution in [-0.2, 0) is 0 Å². The van der Waals surface area contributed by atoms with Gasteiger partial charge in [0.25, 0.3) is 0 Å². The van der Waals surface area contributed by atoms with E-state index in [1.165, 1.54) is 334 Å². The molecule has 0 aromatic rings. The fourth-order valence-electron chi connectivity index (χ4n) is 25.9. The van der Waals surface area contributed by atoms with Crippen LogP contribution in [0.15, 0.2) is 11.6 Å². The van der Waals surface area contributed by atoms with Gasteiger partial charge in [-0.05, 0) is 251 Å². The molecule has 0 radical (unpaired) electrons. The summed E-state index contributed by atoms with van der Waals surface area (Å²) in [6.07, 6.45) is 91.6. The highest BCUT2D eigenvalue weighted by Gasteiger charge is 2.57. The molecule has 6 aliphatic carbocycles. The van der Waals surface area contributed by atoms with E-state index in [0.717, 1.165) is 130 Å². The van der Waals surface area contributed by atoms with Crippen molar-refractivity contribution in [1.29, 1.82) is 0 Å². The zero-order valence-corrected chi connectivity index (χ0v) is 74.2. The monoisotopic (exact) mass is 1430 g/mol. The van der Waals surface area contributed by atoms with E-state index in [9.17, 15) is 0 Å². The van der Waals surface area contributed by atoms with Crippen LogP contribution in [0.5, 0.6) is 0 Å². The fraction of sp³-hybridized carbons (Fsp3) is 0.981. The van der Waals surface area contributed by atoms with Crippen molar-refractivity contribution >= 4 is 0 Å². The van der Waals surface area contributed by atoms with Crippen LogP contribution in [0.1, 0.15) is 503 Å². The molecule has 0 aromatic carbocycles. The van der Waals surface area contributed by atoms with Crippen LogP contribution >= 0.6 is 0 Å². The summed E-state index contributed by atoms with van der Waals surface area (Å²) in [6, 6.07) is 0. The Morgan fingerprint density at radius 3 is 1.03 bits per heavy atom. The van der Waals surface area contributed by atoms with Gasteiger partial charge in [-0.15, -0.1) is 0 Å². The molecule has 6 aliphatic rings. The van der Waals surface area contributed by atoms with Gasteiger partial charge in [0.15, 0.2) is 0 Å². The Hall–Kier alpha value is -0.260. The van der Waals surface area contributed by atoms with Gasteiger partial charge in [0, 0.05) is 0 Å². The van der Waals surface area contributed by atoms with Crippen molar-refractivity contribution in [1.82, 2.24) is 0 Å². The lowest BCUT2D eigenvalue weighted by Gasteiger charge is -2.46. The molecule has 0 heteroatoms. The van der Waals surface area contributed by atoms with E-state index in [-0.39, 0.29) is 0 Å². The number of unbranched alkanes of at least 4 members (excludes halogenated alkanes) is 24. The van der Waals surface area contributed by atoms with E-state index in [1.54, 1.807) is 51.4 Å². The standard InChI is InChI=1S/C103H194/c1-18-24-28-33-42-58-83(12)64-67-92-89-74-97(100(77-89)95(92)61-46-38-44-56-81(10)53-26-20-3)85(14)102(16,69-49-25-19-2)70-50-37-32-30-35-43-59-84(13)65-68-93-90-75-98(101(78-90)96(93)62-47-39-45-57-82(11)54-27-21-4)86(15)103(17,71-51-36-31-29-34-41-55-80(9)22-5)72-52-40-48-60-94-91(66-63-79(7)8)88-73-87(23-6)99(94)76-88/h23,79-86,88-101H,18-22,24-78H2,1-17H3. The van der Waals surface area contributed by atoms with Gasteiger partial charge in [-0.1, -0.05) is 405 Å². The summed E-state index contributed by atoms with van der Waals surface area (Å²) in [5.41, 5.74) is 2.89. The minimum absolute atomic E-state index is 0.507. The molecule has 6 rings (SSSR count). The number of hydrogen-bond donors (Lipinski definition) is 0. The minimum Gasteiger partial charge on any atom is -0.0882 e. The molecular weight excluding hydrogens is 1240 g/mol. The maximum absolute atomic E-state index is 2.88. The third-order valence-electron chi connectivity index (χ3n) is 33.5. The van der Waals surface area contributed by atoms with Crippen molar-refractivity contribution in [2.45, 2.75) is 503 Å². The van der Waals surface area contributed by atoms with Gasteiger partial charge >= 0.3 is 0 Å². The first-order valence-corrected chi connectivity index (χ1v) is 49.5. The molecule has 103 heavy (non-hydrogen) atoms. The third-order valence-corrected chi connectivity index (χ3v) is 33.5. The quantitative estimate of drug-likeness (QED) is 0.0421. The topological polar surface area (TPSA) is 0 Å². The summed E-state index contributed by atoms with van der Waals surface area (Å²) >= 11 is 0. The third kappa shape index (κ3) is 31.0. The zero-order chi connectivity index (χ0) is 74.4. The molecule has 6 saturated carbocycles. The summed E-state index contributed by atoms with van der Waals surface area (Å²) < 4.78 is 0. The molecule has 0 aromatic heterocycles. The predicted octanol–water partition coefficient (Wildman–Crippen LogP) is 35.3. The maximum atomic E-state index is 2.88. The van der Waals surface area contributed by atoms with E-state index >= 15 is 0 Å². The lowest BCUT2D eigenvalue weighted by atomic mass is 9.59. The normalized spacial score (nSPS) is 29.5. The fourth-order valence-corrected chi connectivity index (χ4v) is 25.9. The maximum Gasteiger partial charge on any atom is -0.0169 e. The Labute approximate surface area is 651 Å². The molecule has 0 nitrogen and oxygen atoms in total. The highest BCUT2D eigenvalue weighted by molar-refractivity contribution is 5.20. The Bertz CT molecular complexity index is 2090. The second-order valence-corrected chi connectivity index (χ2v) is 41.9. The van der Waals surface area contributed by atoms with Crippen molar-refractivity contribution < 1.29 is 0 Å². The summed E-state index contributed by atoms with van der Waals surface area (Å²) in [5, 5.41) is 0. The average molecular weight is 1430 g/mol. The molecule has 0 heterocycles. The van der Waals surface area contributed by atoms with Crippen molar-refractivity contribution in [3.63, 3.8) is 0 Å². The molecule has 0 aliphatic heterocycles. The van der Waals surface area contributed by atoms with Crippen LogP contribution in [0, 0.1) is 141 Å². The Kier molecular flexibility index (Phi) is 45.7. The Morgan fingerprint density at radius 2 is 0.621 bits per heavy atom. The molecule has 0 N–H and O–H groups in total. The molecule has 0 amide bonds. The SMILES string of the molecule is CC=C1CC2CC1C(CCCCCC(C)(CCCCCCCCC(C)CC)C(C)C1CC3CC1C(CCCCCC(C)CCCC)C3CCC(C)CCCCCCCCC(C)(CCCCC)C(C)C1CC3CC1C(CCCCCC(C)CCCC)C3CCC(C)CCCCCCC)C2CCC(C)C. The van der Waals surface area contributed by atoms with Crippen LogP contribution in [-0.4, -0.2) is 0 Å². The highest BCUT2D eigenvalue weighted by Crippen LogP contribution is 2.65. The van der Waals surface area contributed by atoms with Gasteiger partial charge in [-0.2, -0.15) is 0 Å². The van der Waals surface area contributed by atoms with Crippen molar-refractivity contribution in [2.24, 2.45) is 141 Å². The van der Waals surface area contributed by atoms with Gasteiger partial charge < -0.3 is 0 Å². The molecule has 6 fully saturated rings. The Balaban J connectivity index is 0.994. The first-order chi connectivity index (χ1) is 49.8. The van der Waals surface area contributed by atoms with Crippen LogP contribution in [0.4, 0.5) is 0 Å². The van der Waals surface area contributed by atoms with Crippen LogP contribution < -0.4 is 0 Å². The van der Waals surface area contributed by atoms with Crippen LogP contribution in [0.25, 0.3) is 0 Å². The van der Waals surface area contributed by atoms with E-state index in [0.29, 0.717) is 10.8 Å². The first-order valence-electron chi connectivity index (χ1n) is 49.5. The zero-order valence-electron chi connectivity index (χ0n) is 74.2. The van der Waals surface area contributed by atoms with Gasteiger partial charge in [0.2, 0.25) is 0 Å². The number of rotatable bonds is 66. The Morgan fingerprint density at radius 1 is 0.301 bits per heavy atom. The number of allylic oxidation sites excluding steroid dienone is 2. The van der Waals surface area contributed by atoms with Crippen LogP contribution in [0.2, 0.25) is 0 Å². The molecule has 0 spiro atoms.